The summed E-state index contributed by atoms with van der Waals surface area (Å²) in [5.74, 6) is 1.06. The molecule has 3 heteroatoms. The summed E-state index contributed by atoms with van der Waals surface area (Å²) < 4.78 is 5.82. The van der Waals surface area contributed by atoms with Crippen molar-refractivity contribution in [1.82, 2.24) is 10.3 Å². The quantitative estimate of drug-likeness (QED) is 0.866. The summed E-state index contributed by atoms with van der Waals surface area (Å²) in [6, 6.07) is 2.21. The van der Waals surface area contributed by atoms with Crippen LogP contribution >= 0.6 is 0 Å². The van der Waals surface area contributed by atoms with Gasteiger partial charge in [0.05, 0.1) is 12.6 Å². The van der Waals surface area contributed by atoms with Crippen molar-refractivity contribution in [1.29, 1.82) is 0 Å². The van der Waals surface area contributed by atoms with E-state index in [1.54, 1.807) is 0 Å². The van der Waals surface area contributed by atoms with Gasteiger partial charge in [0.25, 0.3) is 0 Å². The van der Waals surface area contributed by atoms with Crippen LogP contribution in [0.2, 0.25) is 0 Å². The second-order valence-corrected chi connectivity index (χ2v) is 4.72. The topological polar surface area (TPSA) is 34.1 Å². The molecule has 1 aliphatic heterocycles. The molecule has 1 atom stereocenters. The molecular formula is C15H22N2O. The van der Waals surface area contributed by atoms with Crippen molar-refractivity contribution in [3.05, 3.63) is 41.4 Å². The number of nitrogens with one attached hydrogen (secondary N) is 1. The van der Waals surface area contributed by atoms with E-state index in [0.717, 1.165) is 38.2 Å². The SMILES string of the molecule is CCCNC(C1=CCCCO1)c1cnccc1C. The predicted octanol–water partition coefficient (Wildman–Crippen LogP) is 3.13. The maximum absolute atomic E-state index is 5.82. The fourth-order valence-corrected chi connectivity index (χ4v) is 2.21. The molecule has 98 valence electrons. The normalized spacial score (nSPS) is 16.9. The highest BCUT2D eigenvalue weighted by Gasteiger charge is 2.20. The zero-order chi connectivity index (χ0) is 12.8. The van der Waals surface area contributed by atoms with Gasteiger partial charge in [0.1, 0.15) is 5.76 Å². The first-order chi connectivity index (χ1) is 8.83. The first-order valence-electron chi connectivity index (χ1n) is 6.79. The number of aromatic nitrogens is 1. The van der Waals surface area contributed by atoms with Gasteiger partial charge in [0, 0.05) is 12.4 Å². The van der Waals surface area contributed by atoms with Gasteiger partial charge < -0.3 is 10.1 Å². The molecule has 0 amide bonds. The Balaban J connectivity index is 2.24. The van der Waals surface area contributed by atoms with Crippen LogP contribution in [0.1, 0.15) is 43.4 Å². The molecule has 0 aromatic carbocycles. The molecule has 0 aliphatic carbocycles. The van der Waals surface area contributed by atoms with E-state index < -0.39 is 0 Å². The van der Waals surface area contributed by atoms with Crippen molar-refractivity contribution < 1.29 is 4.74 Å². The summed E-state index contributed by atoms with van der Waals surface area (Å²) in [6.45, 7) is 6.12. The van der Waals surface area contributed by atoms with E-state index in [2.05, 4.69) is 36.3 Å². The summed E-state index contributed by atoms with van der Waals surface area (Å²) in [5.41, 5.74) is 2.48. The molecule has 2 rings (SSSR count). The fourth-order valence-electron chi connectivity index (χ4n) is 2.21. The first-order valence-corrected chi connectivity index (χ1v) is 6.79. The minimum absolute atomic E-state index is 0.152. The molecule has 0 bridgehead atoms. The third-order valence-corrected chi connectivity index (χ3v) is 3.24. The van der Waals surface area contributed by atoms with E-state index in [0.29, 0.717) is 0 Å². The van der Waals surface area contributed by atoms with Crippen LogP contribution < -0.4 is 5.32 Å². The van der Waals surface area contributed by atoms with E-state index in [1.807, 2.05) is 12.4 Å². The van der Waals surface area contributed by atoms with E-state index >= 15 is 0 Å². The average Bonchev–Trinajstić information content (AvgIpc) is 2.42. The van der Waals surface area contributed by atoms with Crippen LogP contribution in [0.4, 0.5) is 0 Å². The van der Waals surface area contributed by atoms with Crippen LogP contribution in [-0.2, 0) is 4.74 Å². The van der Waals surface area contributed by atoms with Gasteiger partial charge in [-0.25, -0.2) is 0 Å². The molecular weight excluding hydrogens is 224 g/mol. The van der Waals surface area contributed by atoms with Gasteiger partial charge in [0.15, 0.2) is 0 Å². The molecule has 18 heavy (non-hydrogen) atoms. The summed E-state index contributed by atoms with van der Waals surface area (Å²) in [7, 11) is 0. The zero-order valence-electron chi connectivity index (χ0n) is 11.3. The Kier molecular flexibility index (Phi) is 4.76. The third-order valence-electron chi connectivity index (χ3n) is 3.24. The van der Waals surface area contributed by atoms with Crippen LogP contribution in [0, 0.1) is 6.92 Å². The average molecular weight is 246 g/mol. The Labute approximate surface area is 109 Å². The Morgan fingerprint density at radius 1 is 1.50 bits per heavy atom. The lowest BCUT2D eigenvalue weighted by molar-refractivity contribution is 0.167. The van der Waals surface area contributed by atoms with E-state index in [-0.39, 0.29) is 6.04 Å². The highest BCUT2D eigenvalue weighted by Crippen LogP contribution is 2.27. The van der Waals surface area contributed by atoms with E-state index in [1.165, 1.54) is 11.1 Å². The number of aryl methyl sites for hydroxylation is 1. The van der Waals surface area contributed by atoms with Crippen LogP contribution in [0.3, 0.4) is 0 Å². The lowest BCUT2D eigenvalue weighted by Crippen LogP contribution is -2.27. The predicted molar refractivity (Wildman–Crippen MR) is 73.3 cm³/mol. The van der Waals surface area contributed by atoms with Crippen molar-refractivity contribution in [2.24, 2.45) is 0 Å². The minimum atomic E-state index is 0.152. The maximum Gasteiger partial charge on any atom is 0.113 e. The maximum atomic E-state index is 5.82. The molecule has 0 saturated carbocycles. The molecule has 1 aliphatic rings. The second kappa shape index (κ2) is 6.55. The fraction of sp³-hybridized carbons (Fsp3) is 0.533. The Morgan fingerprint density at radius 2 is 2.39 bits per heavy atom. The van der Waals surface area contributed by atoms with Crippen molar-refractivity contribution in [3.63, 3.8) is 0 Å². The van der Waals surface area contributed by atoms with Gasteiger partial charge in [-0.15, -0.1) is 0 Å². The monoisotopic (exact) mass is 246 g/mol. The van der Waals surface area contributed by atoms with Gasteiger partial charge in [-0.05, 0) is 56.0 Å². The number of allylic oxidation sites excluding steroid dienone is 1. The molecule has 1 unspecified atom stereocenters. The number of nitrogens with zero attached hydrogens (tertiary/aromatic N) is 1. The molecule has 0 saturated heterocycles. The Morgan fingerprint density at radius 3 is 3.06 bits per heavy atom. The summed E-state index contributed by atoms with van der Waals surface area (Å²) in [6.07, 6.45) is 9.34. The molecule has 0 radical (unpaired) electrons. The van der Waals surface area contributed by atoms with Crippen LogP contribution in [0.25, 0.3) is 0 Å². The van der Waals surface area contributed by atoms with Crippen molar-refractivity contribution in [3.8, 4) is 0 Å². The largest absolute Gasteiger partial charge is 0.496 e. The highest BCUT2D eigenvalue weighted by molar-refractivity contribution is 5.30. The van der Waals surface area contributed by atoms with Gasteiger partial charge >= 0.3 is 0 Å². The number of ether oxygens (including phenoxy) is 1. The standard InChI is InChI=1S/C15H22N2O/c1-3-8-17-15(14-6-4-5-10-18-14)13-11-16-9-7-12(13)2/h6-7,9,11,15,17H,3-5,8,10H2,1-2H3. The van der Waals surface area contributed by atoms with Crippen molar-refractivity contribution in [2.45, 2.75) is 39.2 Å². The van der Waals surface area contributed by atoms with Gasteiger partial charge in [-0.1, -0.05) is 6.92 Å². The molecule has 1 N–H and O–H groups in total. The molecule has 0 fully saturated rings. The van der Waals surface area contributed by atoms with Crippen LogP contribution in [-0.4, -0.2) is 18.1 Å². The summed E-state index contributed by atoms with van der Waals surface area (Å²) >= 11 is 0. The molecule has 1 aromatic rings. The number of hydrogen-bond acceptors (Lipinski definition) is 3. The van der Waals surface area contributed by atoms with E-state index in [4.69, 9.17) is 4.74 Å². The number of pyridine rings is 1. The van der Waals surface area contributed by atoms with Crippen molar-refractivity contribution >= 4 is 0 Å². The smallest absolute Gasteiger partial charge is 0.113 e. The van der Waals surface area contributed by atoms with Crippen LogP contribution in [0.15, 0.2) is 30.3 Å². The lowest BCUT2D eigenvalue weighted by atomic mass is 10.0. The third kappa shape index (κ3) is 3.10. The molecule has 0 spiro atoms. The lowest BCUT2D eigenvalue weighted by Gasteiger charge is -2.26. The van der Waals surface area contributed by atoms with Crippen LogP contribution in [0.5, 0.6) is 0 Å². The Bertz CT molecular complexity index is 415. The summed E-state index contributed by atoms with van der Waals surface area (Å²) in [4.78, 5) is 4.25. The van der Waals surface area contributed by atoms with E-state index in [9.17, 15) is 0 Å². The van der Waals surface area contributed by atoms with Gasteiger partial charge in [0.2, 0.25) is 0 Å². The zero-order valence-corrected chi connectivity index (χ0v) is 11.3. The number of hydrogen-bond donors (Lipinski definition) is 1. The summed E-state index contributed by atoms with van der Waals surface area (Å²) in [5, 5.41) is 3.56. The second-order valence-electron chi connectivity index (χ2n) is 4.72. The number of rotatable bonds is 5. The Hall–Kier alpha value is -1.35. The van der Waals surface area contributed by atoms with Gasteiger partial charge in [-0.3, -0.25) is 4.98 Å². The first kappa shape index (κ1) is 13.1. The molecule has 2 heterocycles. The van der Waals surface area contributed by atoms with Crippen molar-refractivity contribution in [2.75, 3.05) is 13.2 Å². The molecule has 1 aromatic heterocycles. The van der Waals surface area contributed by atoms with Gasteiger partial charge in [-0.2, -0.15) is 0 Å². The molecule has 3 nitrogen and oxygen atoms in total. The highest BCUT2D eigenvalue weighted by atomic mass is 16.5. The minimum Gasteiger partial charge on any atom is -0.496 e.